The van der Waals surface area contributed by atoms with Gasteiger partial charge in [-0.25, -0.2) is 0 Å². The van der Waals surface area contributed by atoms with Gasteiger partial charge in [0, 0.05) is 6.54 Å². The predicted octanol–water partition coefficient (Wildman–Crippen LogP) is 0.651. The van der Waals surface area contributed by atoms with Crippen LogP contribution in [-0.2, 0) is 0 Å². The number of unbranched alkanes of at least 4 members (excludes halogenated alkanes) is 1. The van der Waals surface area contributed by atoms with Gasteiger partial charge in [-0.05, 0) is 6.42 Å². The fourth-order valence-electron chi connectivity index (χ4n) is 0.859. The molecule has 1 atom stereocenters. The first-order valence-corrected chi connectivity index (χ1v) is 4.09. The molecule has 0 aromatic carbocycles. The summed E-state index contributed by atoms with van der Waals surface area (Å²) in [5, 5.41) is 20.0. The maximum absolute atomic E-state index is 8.59. The minimum Gasteiger partial charge on any atom is -0.395 e. The Labute approximate surface area is 68.0 Å². The molecule has 11 heavy (non-hydrogen) atoms. The van der Waals surface area contributed by atoms with Gasteiger partial charge in [-0.2, -0.15) is 5.26 Å². The molecule has 0 fully saturated rings. The van der Waals surface area contributed by atoms with Crippen LogP contribution in [0, 0.1) is 11.3 Å². The van der Waals surface area contributed by atoms with Crippen molar-refractivity contribution >= 4 is 0 Å². The summed E-state index contributed by atoms with van der Waals surface area (Å²) in [7, 11) is 0. The van der Waals surface area contributed by atoms with Gasteiger partial charge in [-0.1, -0.05) is 19.8 Å². The summed E-state index contributed by atoms with van der Waals surface area (Å²) in [5.74, 6) is 0. The molecule has 0 aliphatic carbocycles. The molecule has 0 aromatic rings. The lowest BCUT2D eigenvalue weighted by molar-refractivity contribution is 0.287. The van der Waals surface area contributed by atoms with E-state index in [0.717, 1.165) is 19.3 Å². The zero-order chi connectivity index (χ0) is 8.53. The van der Waals surface area contributed by atoms with Gasteiger partial charge in [0.1, 0.15) is 0 Å². The maximum Gasteiger partial charge on any atom is 0.0953 e. The van der Waals surface area contributed by atoms with Crippen molar-refractivity contribution in [2.75, 3.05) is 13.2 Å². The van der Waals surface area contributed by atoms with Crippen LogP contribution >= 0.6 is 0 Å². The second kappa shape index (κ2) is 7.52. The van der Waals surface area contributed by atoms with Crippen LogP contribution in [0.15, 0.2) is 0 Å². The minimum atomic E-state index is -0.0814. The molecule has 64 valence electrons. The third-order valence-corrected chi connectivity index (χ3v) is 1.50. The Hall–Kier alpha value is -0.590. The number of hydrogen-bond acceptors (Lipinski definition) is 3. The van der Waals surface area contributed by atoms with Crippen molar-refractivity contribution < 1.29 is 5.11 Å². The van der Waals surface area contributed by atoms with E-state index >= 15 is 0 Å². The molecular formula is C8H16N2O. The van der Waals surface area contributed by atoms with Crippen LogP contribution in [0.4, 0.5) is 0 Å². The molecular weight excluding hydrogens is 140 g/mol. The first kappa shape index (κ1) is 10.4. The van der Waals surface area contributed by atoms with Crippen LogP contribution in [0.3, 0.4) is 0 Å². The molecule has 0 aliphatic rings. The molecule has 0 heterocycles. The molecule has 0 aromatic heterocycles. The van der Waals surface area contributed by atoms with Crippen molar-refractivity contribution in [2.45, 2.75) is 32.2 Å². The zero-order valence-corrected chi connectivity index (χ0v) is 7.01. The van der Waals surface area contributed by atoms with Crippen LogP contribution in [0.1, 0.15) is 26.2 Å². The van der Waals surface area contributed by atoms with Gasteiger partial charge in [0.15, 0.2) is 0 Å². The molecule has 0 radical (unpaired) electrons. The minimum absolute atomic E-state index is 0.0814. The summed E-state index contributed by atoms with van der Waals surface area (Å²) in [6.07, 6.45) is 3.06. The van der Waals surface area contributed by atoms with Gasteiger partial charge >= 0.3 is 0 Å². The Morgan fingerprint density at radius 1 is 1.64 bits per heavy atom. The topological polar surface area (TPSA) is 56.0 Å². The number of hydrogen-bond donors (Lipinski definition) is 2. The third-order valence-electron chi connectivity index (χ3n) is 1.50. The molecule has 3 nitrogen and oxygen atoms in total. The molecule has 0 saturated heterocycles. The quantitative estimate of drug-likeness (QED) is 0.593. The van der Waals surface area contributed by atoms with E-state index in [2.05, 4.69) is 18.3 Å². The highest BCUT2D eigenvalue weighted by Gasteiger charge is 2.03. The van der Waals surface area contributed by atoms with Crippen LogP contribution in [0.25, 0.3) is 0 Å². The number of rotatable bonds is 6. The van der Waals surface area contributed by atoms with Gasteiger partial charge in [-0.3, -0.25) is 5.32 Å². The lowest BCUT2D eigenvalue weighted by Crippen LogP contribution is -2.29. The highest BCUT2D eigenvalue weighted by Crippen LogP contribution is 1.98. The predicted molar refractivity (Wildman–Crippen MR) is 44.0 cm³/mol. The van der Waals surface area contributed by atoms with E-state index in [4.69, 9.17) is 10.4 Å². The van der Waals surface area contributed by atoms with E-state index in [1.54, 1.807) is 0 Å². The monoisotopic (exact) mass is 156 g/mol. The lowest BCUT2D eigenvalue weighted by atomic mass is 10.1. The Bertz CT molecular complexity index is 112. The summed E-state index contributed by atoms with van der Waals surface area (Å²) in [6, 6.07) is 2.07. The van der Waals surface area contributed by atoms with Gasteiger partial charge in [0.25, 0.3) is 0 Å². The number of aliphatic hydroxyl groups is 1. The highest BCUT2D eigenvalue weighted by atomic mass is 16.3. The molecule has 0 spiro atoms. The Kier molecular flexibility index (Phi) is 7.11. The summed E-state index contributed by atoms with van der Waals surface area (Å²) in [5.41, 5.74) is 0. The largest absolute Gasteiger partial charge is 0.395 e. The smallest absolute Gasteiger partial charge is 0.0953 e. The molecule has 0 rings (SSSR count). The van der Waals surface area contributed by atoms with Crippen LogP contribution in [0.2, 0.25) is 0 Å². The summed E-state index contributed by atoms with van der Waals surface area (Å²) in [6.45, 7) is 2.72. The van der Waals surface area contributed by atoms with E-state index in [1.165, 1.54) is 0 Å². The van der Waals surface area contributed by atoms with E-state index < -0.39 is 0 Å². The zero-order valence-electron chi connectivity index (χ0n) is 7.01. The van der Waals surface area contributed by atoms with Crippen molar-refractivity contribution in [3.05, 3.63) is 0 Å². The van der Waals surface area contributed by atoms with Crippen molar-refractivity contribution in [3.63, 3.8) is 0 Å². The molecule has 3 heteroatoms. The molecule has 2 N–H and O–H groups in total. The van der Waals surface area contributed by atoms with E-state index in [1.807, 2.05) is 0 Å². The molecule has 0 bridgehead atoms. The third kappa shape index (κ3) is 5.84. The van der Waals surface area contributed by atoms with E-state index in [-0.39, 0.29) is 12.6 Å². The summed E-state index contributed by atoms with van der Waals surface area (Å²) >= 11 is 0. The maximum atomic E-state index is 8.59. The van der Waals surface area contributed by atoms with Gasteiger partial charge in [0.05, 0.1) is 18.7 Å². The van der Waals surface area contributed by atoms with Crippen LogP contribution in [-0.4, -0.2) is 24.3 Å². The summed E-state index contributed by atoms with van der Waals surface area (Å²) < 4.78 is 0. The highest BCUT2D eigenvalue weighted by molar-refractivity contribution is 4.88. The second-order valence-electron chi connectivity index (χ2n) is 2.50. The average molecular weight is 156 g/mol. The second-order valence-corrected chi connectivity index (χ2v) is 2.50. The first-order chi connectivity index (χ1) is 5.35. The molecule has 0 saturated carbocycles. The van der Waals surface area contributed by atoms with Gasteiger partial charge in [0.2, 0.25) is 0 Å². The lowest BCUT2D eigenvalue weighted by Gasteiger charge is -2.08. The molecule has 0 amide bonds. The van der Waals surface area contributed by atoms with E-state index in [0.29, 0.717) is 6.54 Å². The Morgan fingerprint density at radius 3 is 2.82 bits per heavy atom. The Morgan fingerprint density at radius 2 is 2.36 bits per heavy atom. The number of aliphatic hydroxyl groups excluding tert-OH is 1. The van der Waals surface area contributed by atoms with Crippen LogP contribution < -0.4 is 5.32 Å². The molecule has 1 unspecified atom stereocenters. The van der Waals surface area contributed by atoms with Crippen molar-refractivity contribution in [3.8, 4) is 6.07 Å². The molecule has 0 aliphatic heterocycles. The van der Waals surface area contributed by atoms with Crippen LogP contribution in [0.5, 0.6) is 0 Å². The number of nitrogens with zero attached hydrogens (tertiary/aromatic N) is 1. The normalized spacial score (nSPS) is 12.5. The van der Waals surface area contributed by atoms with Crippen molar-refractivity contribution in [1.29, 1.82) is 5.26 Å². The fraction of sp³-hybridized carbons (Fsp3) is 0.875. The fourth-order valence-corrected chi connectivity index (χ4v) is 0.859. The van der Waals surface area contributed by atoms with Gasteiger partial charge in [-0.15, -0.1) is 0 Å². The Balaban J connectivity index is 3.35. The van der Waals surface area contributed by atoms with Crippen molar-refractivity contribution in [2.24, 2.45) is 0 Å². The number of nitrogens with one attached hydrogen (secondary N) is 1. The standard InChI is InChI=1S/C8H16N2O/c1-2-3-4-8(7-9)10-5-6-11/h8,10-11H,2-6H2,1H3. The summed E-state index contributed by atoms with van der Waals surface area (Å²) in [4.78, 5) is 0. The van der Waals surface area contributed by atoms with E-state index in [9.17, 15) is 0 Å². The van der Waals surface area contributed by atoms with Gasteiger partial charge < -0.3 is 5.11 Å². The number of nitriles is 1. The van der Waals surface area contributed by atoms with Crippen molar-refractivity contribution in [1.82, 2.24) is 5.32 Å². The average Bonchev–Trinajstić information content (AvgIpc) is 2.05. The SMILES string of the molecule is CCCCC(C#N)NCCO. The first-order valence-electron chi connectivity index (χ1n) is 4.09.